The molecule has 0 aliphatic carbocycles. The van der Waals surface area contributed by atoms with Crippen LogP contribution >= 0.6 is 0 Å². The van der Waals surface area contributed by atoms with Crippen LogP contribution in [0.15, 0.2) is 85.1 Å². The summed E-state index contributed by atoms with van der Waals surface area (Å²) in [7, 11) is 0. The molecule has 4 fully saturated rings. The van der Waals surface area contributed by atoms with Crippen molar-refractivity contribution < 1.29 is 57.0 Å². The normalized spacial score (nSPS) is 32.0. The van der Waals surface area contributed by atoms with Gasteiger partial charge in [0.25, 0.3) is 0 Å². The highest BCUT2D eigenvalue weighted by Crippen LogP contribution is 2.44. The molecule has 0 amide bonds. The first-order valence-corrected chi connectivity index (χ1v) is 17.2. The summed E-state index contributed by atoms with van der Waals surface area (Å²) in [5.41, 5.74) is 1.42. The van der Waals surface area contributed by atoms with E-state index < -0.39 is 78.8 Å². The number of carbonyl (C=O) groups is 2. The molecule has 7 rings (SSSR count). The molecule has 0 saturated carbocycles. The van der Waals surface area contributed by atoms with Crippen molar-refractivity contribution >= 4 is 11.9 Å². The lowest BCUT2D eigenvalue weighted by Crippen LogP contribution is -2.57. The molecule has 4 aliphatic heterocycles. The molecule has 13 heteroatoms. The van der Waals surface area contributed by atoms with E-state index in [4.69, 9.17) is 47.4 Å². The molecule has 2 aromatic carbocycles. The summed E-state index contributed by atoms with van der Waals surface area (Å²) in [6.45, 7) is 7.29. The Kier molecular flexibility index (Phi) is 10.5. The Labute approximate surface area is 296 Å². The highest BCUT2D eigenvalue weighted by Gasteiger charge is 2.61. The van der Waals surface area contributed by atoms with E-state index in [0.29, 0.717) is 5.56 Å². The van der Waals surface area contributed by atoms with Gasteiger partial charge in [0.05, 0.1) is 18.8 Å². The second kappa shape index (κ2) is 15.1. The molecule has 1 aromatic heterocycles. The van der Waals surface area contributed by atoms with Crippen molar-refractivity contribution in [3.05, 3.63) is 102 Å². The van der Waals surface area contributed by atoms with Crippen molar-refractivity contribution in [2.75, 3.05) is 13.2 Å². The van der Waals surface area contributed by atoms with Gasteiger partial charge in [0.15, 0.2) is 24.2 Å². The van der Waals surface area contributed by atoms with Gasteiger partial charge in [-0.3, -0.25) is 0 Å². The second-order valence-corrected chi connectivity index (χ2v) is 13.8. The molecule has 0 spiro atoms. The van der Waals surface area contributed by atoms with E-state index in [1.807, 2.05) is 64.1 Å². The molecular formula is C38H43NO12. The Morgan fingerprint density at radius 3 is 2.16 bits per heavy atom. The van der Waals surface area contributed by atoms with E-state index in [1.54, 1.807) is 42.5 Å². The smallest absolute Gasteiger partial charge is 0.357 e. The summed E-state index contributed by atoms with van der Waals surface area (Å²) in [6, 6.07) is 23.2. The van der Waals surface area contributed by atoms with Crippen LogP contribution in [-0.2, 0) is 54.0 Å². The van der Waals surface area contributed by atoms with E-state index in [9.17, 15) is 9.59 Å². The molecule has 51 heavy (non-hydrogen) atoms. The summed E-state index contributed by atoms with van der Waals surface area (Å²) in [5, 5.41) is 0. The largest absolute Gasteiger partial charge is 0.458 e. The third-order valence-electron chi connectivity index (χ3n) is 8.99. The Morgan fingerprint density at radius 1 is 0.725 bits per heavy atom. The molecule has 9 atom stereocenters. The van der Waals surface area contributed by atoms with Crippen molar-refractivity contribution in [2.45, 2.75) is 108 Å². The highest BCUT2D eigenvalue weighted by atomic mass is 16.9. The number of esters is 2. The molecule has 0 radical (unpaired) electrons. The number of fused-ring (bicyclic) bond motifs is 3. The molecule has 3 aromatic rings. The van der Waals surface area contributed by atoms with E-state index >= 15 is 0 Å². The highest BCUT2D eigenvalue weighted by molar-refractivity contribution is 5.89. The van der Waals surface area contributed by atoms with Crippen molar-refractivity contribution in [1.29, 1.82) is 0 Å². The molecule has 272 valence electrons. The van der Waals surface area contributed by atoms with Gasteiger partial charge >= 0.3 is 11.9 Å². The maximum Gasteiger partial charge on any atom is 0.357 e. The third kappa shape index (κ3) is 8.48. The number of rotatable bonds is 11. The van der Waals surface area contributed by atoms with Crippen LogP contribution in [0, 0.1) is 0 Å². The fourth-order valence-corrected chi connectivity index (χ4v) is 6.75. The van der Waals surface area contributed by atoms with Crippen molar-refractivity contribution in [1.82, 2.24) is 4.98 Å². The van der Waals surface area contributed by atoms with Crippen LogP contribution in [0.2, 0.25) is 0 Å². The predicted molar refractivity (Wildman–Crippen MR) is 177 cm³/mol. The van der Waals surface area contributed by atoms with Crippen LogP contribution in [0.5, 0.6) is 0 Å². The van der Waals surface area contributed by atoms with Crippen LogP contribution in [-0.4, -0.2) is 97.0 Å². The van der Waals surface area contributed by atoms with Crippen LogP contribution in [0.3, 0.4) is 0 Å². The molecule has 4 aliphatic rings. The maximum atomic E-state index is 13.4. The minimum atomic E-state index is -0.916. The van der Waals surface area contributed by atoms with Crippen LogP contribution in [0.25, 0.3) is 0 Å². The first-order chi connectivity index (χ1) is 24.5. The first kappa shape index (κ1) is 35.6. The summed E-state index contributed by atoms with van der Waals surface area (Å²) in [4.78, 5) is 30.5. The molecule has 0 bridgehead atoms. The standard InChI is InChI=1S/C38H43NO12/c1-37(2)48-31-28(47-36-33(32(31)49-37)50-38(3,4)51-36)21-42-29-19-26(46-34(40)24-15-9-6-10-16-24)30(43-20-23-13-7-5-8-14-23)27(45-29)22-44-35(41)25-17-11-12-18-39-25/h5-18,26-33,36H,19-22H2,1-4H3/t26-,27+,28+,29+,30-,31-,32-,33+,36+/m0/s1. The van der Waals surface area contributed by atoms with Gasteiger partial charge < -0.3 is 47.4 Å². The number of aromatic nitrogens is 1. The van der Waals surface area contributed by atoms with Gasteiger partial charge in [0, 0.05) is 12.6 Å². The van der Waals surface area contributed by atoms with Crippen molar-refractivity contribution in [3.8, 4) is 0 Å². The second-order valence-electron chi connectivity index (χ2n) is 13.8. The van der Waals surface area contributed by atoms with Crippen LogP contribution in [0.4, 0.5) is 0 Å². The number of hydrogen-bond acceptors (Lipinski definition) is 13. The molecule has 4 saturated heterocycles. The fraction of sp³-hybridized carbons (Fsp3) is 0.500. The van der Waals surface area contributed by atoms with Crippen molar-refractivity contribution in [2.24, 2.45) is 0 Å². The number of pyridine rings is 1. The van der Waals surface area contributed by atoms with Gasteiger partial charge in [0.1, 0.15) is 55.0 Å². The number of hydrogen-bond donors (Lipinski definition) is 0. The average Bonchev–Trinajstić information content (AvgIpc) is 3.63. The van der Waals surface area contributed by atoms with Gasteiger partial charge in [0.2, 0.25) is 0 Å². The SMILES string of the molecule is CC1(C)O[C@H]2[C@@H](O1)[C@@H](CO[C@H]1C[C@H](OC(=O)c3ccccc3)[C@H](OCc3ccccc3)[C@@H](COC(=O)c3ccccn3)O1)O[C@@H]1OC(C)(C)O[C@@H]12. The van der Waals surface area contributed by atoms with E-state index in [1.165, 1.54) is 6.20 Å². The lowest BCUT2D eigenvalue weighted by Gasteiger charge is -2.42. The van der Waals surface area contributed by atoms with Gasteiger partial charge in [-0.25, -0.2) is 14.6 Å². The van der Waals surface area contributed by atoms with Crippen LogP contribution in [0.1, 0.15) is 60.5 Å². The quantitative estimate of drug-likeness (QED) is 0.258. The number of benzene rings is 2. The van der Waals surface area contributed by atoms with Gasteiger partial charge in [-0.1, -0.05) is 54.6 Å². The number of ether oxygens (including phenoxy) is 10. The Hall–Kier alpha value is -3.79. The molecule has 5 heterocycles. The summed E-state index contributed by atoms with van der Waals surface area (Å²) >= 11 is 0. The summed E-state index contributed by atoms with van der Waals surface area (Å²) < 4.78 is 62.0. The summed E-state index contributed by atoms with van der Waals surface area (Å²) in [6.07, 6.45) is -4.65. The zero-order valence-corrected chi connectivity index (χ0v) is 29.0. The fourth-order valence-electron chi connectivity index (χ4n) is 6.75. The number of carbonyl (C=O) groups excluding carboxylic acids is 2. The Balaban J connectivity index is 1.11. The molecule has 0 N–H and O–H groups in total. The van der Waals surface area contributed by atoms with E-state index in [0.717, 1.165) is 5.56 Å². The van der Waals surface area contributed by atoms with Gasteiger partial charge in [-0.05, 0) is 57.5 Å². The topological polar surface area (TPSA) is 139 Å². The monoisotopic (exact) mass is 705 g/mol. The lowest BCUT2D eigenvalue weighted by molar-refractivity contribution is -0.289. The number of nitrogens with zero attached hydrogens (tertiary/aromatic N) is 1. The van der Waals surface area contributed by atoms with Crippen molar-refractivity contribution in [3.63, 3.8) is 0 Å². The minimum absolute atomic E-state index is 0.0214. The zero-order valence-electron chi connectivity index (χ0n) is 29.0. The summed E-state index contributed by atoms with van der Waals surface area (Å²) in [5.74, 6) is -2.93. The maximum absolute atomic E-state index is 13.4. The molecule has 13 nitrogen and oxygen atoms in total. The third-order valence-corrected chi connectivity index (χ3v) is 8.99. The van der Waals surface area contributed by atoms with E-state index in [2.05, 4.69) is 4.98 Å². The zero-order chi connectivity index (χ0) is 35.6. The predicted octanol–water partition coefficient (Wildman–Crippen LogP) is 4.58. The average molecular weight is 706 g/mol. The Bertz CT molecular complexity index is 1620. The van der Waals surface area contributed by atoms with Gasteiger partial charge in [-0.2, -0.15) is 0 Å². The first-order valence-electron chi connectivity index (χ1n) is 17.2. The van der Waals surface area contributed by atoms with Crippen LogP contribution < -0.4 is 0 Å². The van der Waals surface area contributed by atoms with E-state index in [-0.39, 0.29) is 31.9 Å². The Morgan fingerprint density at radius 2 is 1.41 bits per heavy atom. The molecule has 0 unspecified atom stereocenters. The molecular weight excluding hydrogens is 662 g/mol. The minimum Gasteiger partial charge on any atom is -0.458 e. The van der Waals surface area contributed by atoms with Gasteiger partial charge in [-0.15, -0.1) is 0 Å². The lowest BCUT2D eigenvalue weighted by atomic mass is 9.99.